The average molecular weight is 315 g/mol. The fraction of sp³-hybridized carbons (Fsp3) is 0.562. The van der Waals surface area contributed by atoms with Crippen molar-refractivity contribution >= 4 is 5.91 Å². The minimum Gasteiger partial charge on any atom is -0.373 e. The zero-order valence-corrected chi connectivity index (χ0v) is 12.2. The highest BCUT2D eigenvalue weighted by Crippen LogP contribution is 2.48. The van der Waals surface area contributed by atoms with Crippen LogP contribution in [0.1, 0.15) is 44.1 Å². The predicted molar refractivity (Wildman–Crippen MR) is 76.0 cm³/mol. The van der Waals surface area contributed by atoms with Gasteiger partial charge in [-0.25, -0.2) is 0 Å². The van der Waals surface area contributed by atoms with Crippen molar-refractivity contribution in [2.24, 2.45) is 5.73 Å². The molecule has 0 aromatic heterocycles. The van der Waals surface area contributed by atoms with E-state index in [1.807, 2.05) is 0 Å². The van der Waals surface area contributed by atoms with E-state index in [1.54, 1.807) is 30.3 Å². The Morgan fingerprint density at radius 3 is 2.14 bits per heavy atom. The lowest BCUT2D eigenvalue weighted by Gasteiger charge is -2.43. The molecule has 0 radical (unpaired) electrons. The number of aliphatic hydroxyl groups is 1. The quantitative estimate of drug-likeness (QED) is 0.897. The number of alkyl halides is 3. The van der Waals surface area contributed by atoms with E-state index in [0.717, 1.165) is 24.8 Å². The minimum atomic E-state index is -5.09. The van der Waals surface area contributed by atoms with Gasteiger partial charge in [0.15, 0.2) is 0 Å². The number of hydrogen-bond donors (Lipinski definition) is 2. The molecule has 1 aromatic rings. The SMILES string of the molecule is NC(=O)C(O)(CC1(c2ccccc2)CCCCC1)C(F)(F)F. The summed E-state index contributed by atoms with van der Waals surface area (Å²) in [5.74, 6) is -1.74. The zero-order valence-electron chi connectivity index (χ0n) is 12.2. The van der Waals surface area contributed by atoms with Crippen LogP contribution in [0.2, 0.25) is 0 Å². The van der Waals surface area contributed by atoms with Crippen LogP contribution in [-0.4, -0.2) is 22.8 Å². The molecule has 1 atom stereocenters. The van der Waals surface area contributed by atoms with Crippen LogP contribution >= 0.6 is 0 Å². The lowest BCUT2D eigenvalue weighted by molar-refractivity contribution is -0.257. The summed E-state index contributed by atoms with van der Waals surface area (Å²) in [5.41, 5.74) is 1.25. The summed E-state index contributed by atoms with van der Waals surface area (Å²) in [7, 11) is 0. The molecule has 1 aromatic carbocycles. The van der Waals surface area contributed by atoms with Gasteiger partial charge in [-0.2, -0.15) is 13.2 Å². The first-order valence-electron chi connectivity index (χ1n) is 7.36. The molecule has 1 fully saturated rings. The van der Waals surface area contributed by atoms with Gasteiger partial charge in [-0.05, 0) is 23.8 Å². The van der Waals surface area contributed by atoms with E-state index >= 15 is 0 Å². The summed E-state index contributed by atoms with van der Waals surface area (Å²) in [6.45, 7) is 0. The molecule has 22 heavy (non-hydrogen) atoms. The topological polar surface area (TPSA) is 63.3 Å². The van der Waals surface area contributed by atoms with Crippen LogP contribution in [0.15, 0.2) is 30.3 Å². The second-order valence-electron chi connectivity index (χ2n) is 6.11. The fourth-order valence-electron chi connectivity index (χ4n) is 3.40. The highest BCUT2D eigenvalue weighted by Gasteiger charge is 2.61. The summed E-state index contributed by atoms with van der Waals surface area (Å²) >= 11 is 0. The van der Waals surface area contributed by atoms with Gasteiger partial charge in [0, 0.05) is 6.42 Å². The summed E-state index contributed by atoms with van der Waals surface area (Å²) < 4.78 is 39.7. The van der Waals surface area contributed by atoms with Gasteiger partial charge in [-0.3, -0.25) is 4.79 Å². The van der Waals surface area contributed by atoms with Gasteiger partial charge in [0.05, 0.1) is 0 Å². The monoisotopic (exact) mass is 315 g/mol. The molecule has 0 heterocycles. The predicted octanol–water partition coefficient (Wildman–Crippen LogP) is 3.06. The van der Waals surface area contributed by atoms with Crippen LogP contribution in [0, 0.1) is 0 Å². The number of halogens is 3. The number of amides is 1. The maximum Gasteiger partial charge on any atom is 0.426 e. The Bertz CT molecular complexity index is 524. The third-order valence-electron chi connectivity index (χ3n) is 4.67. The van der Waals surface area contributed by atoms with Crippen molar-refractivity contribution in [3.63, 3.8) is 0 Å². The van der Waals surface area contributed by atoms with E-state index in [2.05, 4.69) is 0 Å². The third-order valence-corrected chi connectivity index (χ3v) is 4.67. The maximum absolute atomic E-state index is 13.2. The van der Waals surface area contributed by atoms with E-state index in [4.69, 9.17) is 5.73 Å². The average Bonchev–Trinajstić information content (AvgIpc) is 2.47. The first kappa shape index (κ1) is 16.8. The van der Waals surface area contributed by atoms with Crippen LogP contribution in [0.5, 0.6) is 0 Å². The largest absolute Gasteiger partial charge is 0.426 e. The number of benzene rings is 1. The zero-order chi connectivity index (χ0) is 16.4. The van der Waals surface area contributed by atoms with Crippen molar-refractivity contribution < 1.29 is 23.1 Å². The number of hydrogen-bond acceptors (Lipinski definition) is 2. The Morgan fingerprint density at radius 2 is 1.68 bits per heavy atom. The number of nitrogens with two attached hydrogens (primary N) is 1. The van der Waals surface area contributed by atoms with Crippen molar-refractivity contribution in [2.45, 2.75) is 55.7 Å². The molecule has 0 aliphatic heterocycles. The molecular formula is C16H20F3NO2. The molecule has 0 bridgehead atoms. The minimum absolute atomic E-state index is 0.503. The summed E-state index contributed by atoms with van der Waals surface area (Å²) in [6, 6.07) is 8.79. The third kappa shape index (κ3) is 2.97. The standard InChI is InChI=1S/C16H20F3NO2/c17-16(18,19)15(22,13(20)21)11-14(9-5-2-6-10-14)12-7-3-1-4-8-12/h1,3-4,7-8,22H,2,5-6,9-11H2,(H2,20,21). The van der Waals surface area contributed by atoms with Gasteiger partial charge in [0.2, 0.25) is 5.60 Å². The van der Waals surface area contributed by atoms with Gasteiger partial charge in [-0.15, -0.1) is 0 Å². The molecule has 0 spiro atoms. The van der Waals surface area contributed by atoms with Gasteiger partial charge in [-0.1, -0.05) is 49.6 Å². The Morgan fingerprint density at radius 1 is 1.14 bits per heavy atom. The normalized spacial score (nSPS) is 21.1. The van der Waals surface area contributed by atoms with Crippen LogP contribution in [-0.2, 0) is 10.2 Å². The van der Waals surface area contributed by atoms with E-state index in [9.17, 15) is 23.1 Å². The molecule has 2 rings (SSSR count). The van der Waals surface area contributed by atoms with Crippen molar-refractivity contribution in [1.29, 1.82) is 0 Å². The summed E-state index contributed by atoms with van der Waals surface area (Å²) in [4.78, 5) is 11.4. The Hall–Kier alpha value is -1.56. The van der Waals surface area contributed by atoms with E-state index < -0.39 is 29.5 Å². The van der Waals surface area contributed by atoms with Gasteiger partial charge in [0.1, 0.15) is 0 Å². The van der Waals surface area contributed by atoms with Crippen molar-refractivity contribution in [2.75, 3.05) is 0 Å². The van der Waals surface area contributed by atoms with Crippen molar-refractivity contribution in [1.82, 2.24) is 0 Å². The highest BCUT2D eigenvalue weighted by molar-refractivity contribution is 5.84. The molecule has 1 saturated carbocycles. The molecule has 1 amide bonds. The fourth-order valence-corrected chi connectivity index (χ4v) is 3.40. The van der Waals surface area contributed by atoms with Crippen LogP contribution < -0.4 is 5.73 Å². The highest BCUT2D eigenvalue weighted by atomic mass is 19.4. The van der Waals surface area contributed by atoms with Crippen LogP contribution in [0.4, 0.5) is 13.2 Å². The summed E-state index contributed by atoms with van der Waals surface area (Å²) in [6.07, 6.45) is -2.33. The summed E-state index contributed by atoms with van der Waals surface area (Å²) in [5, 5.41) is 10.0. The second kappa shape index (κ2) is 5.91. The number of carbonyl (C=O) groups excluding carboxylic acids is 1. The van der Waals surface area contributed by atoms with Gasteiger partial charge >= 0.3 is 6.18 Å². The van der Waals surface area contributed by atoms with Gasteiger partial charge < -0.3 is 10.8 Å². The Balaban J connectivity index is 2.45. The molecule has 1 unspecified atom stereocenters. The molecule has 0 saturated heterocycles. The second-order valence-corrected chi connectivity index (χ2v) is 6.11. The van der Waals surface area contributed by atoms with Crippen molar-refractivity contribution in [3.8, 4) is 0 Å². The first-order chi connectivity index (χ1) is 10.2. The van der Waals surface area contributed by atoms with E-state index in [0.29, 0.717) is 12.8 Å². The first-order valence-corrected chi connectivity index (χ1v) is 7.36. The smallest absolute Gasteiger partial charge is 0.373 e. The number of primary amides is 1. The van der Waals surface area contributed by atoms with E-state index in [-0.39, 0.29) is 0 Å². The lowest BCUT2D eigenvalue weighted by atomic mass is 9.64. The Kier molecular flexibility index (Phi) is 4.52. The molecule has 6 heteroatoms. The molecule has 1 aliphatic carbocycles. The van der Waals surface area contributed by atoms with Crippen LogP contribution in [0.25, 0.3) is 0 Å². The van der Waals surface area contributed by atoms with Gasteiger partial charge in [0.25, 0.3) is 5.91 Å². The molecule has 122 valence electrons. The Labute approximate surface area is 127 Å². The molecular weight excluding hydrogens is 295 g/mol. The molecule has 1 aliphatic rings. The molecule has 3 N–H and O–H groups in total. The lowest BCUT2D eigenvalue weighted by Crippen LogP contribution is -2.59. The number of carbonyl (C=O) groups is 1. The van der Waals surface area contributed by atoms with Crippen molar-refractivity contribution in [3.05, 3.63) is 35.9 Å². The maximum atomic E-state index is 13.2. The number of rotatable bonds is 4. The van der Waals surface area contributed by atoms with Crippen LogP contribution in [0.3, 0.4) is 0 Å². The van der Waals surface area contributed by atoms with E-state index in [1.165, 1.54) is 0 Å². The molecule has 3 nitrogen and oxygen atoms in total.